The van der Waals surface area contributed by atoms with E-state index in [4.69, 9.17) is 0 Å². The Morgan fingerprint density at radius 1 is 0.228 bits per heavy atom. The molecule has 5 aromatic carbocycles. The van der Waals surface area contributed by atoms with Gasteiger partial charge in [-0.3, -0.25) is 24.9 Å². The highest BCUT2D eigenvalue weighted by atomic mass is 14.9. The summed E-state index contributed by atoms with van der Waals surface area (Å²) in [5.74, 6) is 0. The molecule has 0 saturated heterocycles. The largest absolute Gasteiger partial charge is 0.353 e. The van der Waals surface area contributed by atoms with Gasteiger partial charge in [0.15, 0.2) is 0 Å². The average Bonchev–Trinajstić information content (AvgIpc) is 1.34. The van der Waals surface area contributed by atoms with E-state index < -0.39 is 0 Å². The molecule has 0 spiro atoms. The molecule has 9 heterocycles. The molecular weight excluding hydrogens is 1230 g/mol. The van der Waals surface area contributed by atoms with E-state index in [1.165, 1.54) is 149 Å². The summed E-state index contributed by atoms with van der Waals surface area (Å²) in [7, 11) is 8.27. The quantitative estimate of drug-likeness (QED) is 0.151. The minimum absolute atomic E-state index is 1.09. The monoisotopic (exact) mass is 1360 g/mol. The summed E-state index contributed by atoms with van der Waals surface area (Å²) >= 11 is 0. The molecule has 544 valence electrons. The maximum Gasteiger partial charge on any atom is 0.0883 e. The van der Waals surface area contributed by atoms with Gasteiger partial charge in [-0.25, -0.2) is 0 Å². The van der Waals surface area contributed by atoms with Crippen LogP contribution in [0.4, 0.5) is 0 Å². The number of aryl methyl sites for hydroxylation is 21. The second kappa shape index (κ2) is 45.5. The molecule has 0 aliphatic heterocycles. The van der Waals surface area contributed by atoms with Crippen molar-refractivity contribution in [3.8, 4) is 0 Å². The van der Waals surface area contributed by atoms with Crippen LogP contribution < -0.4 is 0 Å². The van der Waals surface area contributed by atoms with Gasteiger partial charge in [-0.15, -0.1) is 0 Å². The van der Waals surface area contributed by atoms with Crippen molar-refractivity contribution in [3.05, 3.63) is 254 Å². The van der Waals surface area contributed by atoms with Crippen molar-refractivity contribution in [2.24, 2.45) is 28.2 Å². The number of nitrogens with zero attached hydrogens (tertiary/aromatic N) is 9. The number of fused-ring (bicyclic) bond motifs is 7. The topological polar surface area (TPSA) is 84.2 Å². The highest BCUT2D eigenvalue weighted by molar-refractivity contribution is 5.92. The third kappa shape index (κ3) is 23.2. The molecule has 9 aromatic heterocycles. The van der Waals surface area contributed by atoms with Gasteiger partial charge < -0.3 is 18.3 Å². The van der Waals surface area contributed by atoms with E-state index >= 15 is 0 Å². The Morgan fingerprint density at radius 3 is 1.15 bits per heavy atom. The highest BCUT2D eigenvalue weighted by Crippen LogP contribution is 2.28. The van der Waals surface area contributed by atoms with Crippen molar-refractivity contribution in [3.63, 3.8) is 0 Å². The van der Waals surface area contributed by atoms with Gasteiger partial charge in [0.2, 0.25) is 0 Å². The minimum Gasteiger partial charge on any atom is -0.353 e. The van der Waals surface area contributed by atoms with Gasteiger partial charge in [-0.2, -0.15) is 0 Å². The molecule has 14 aromatic rings. The van der Waals surface area contributed by atoms with Gasteiger partial charge >= 0.3 is 0 Å². The van der Waals surface area contributed by atoms with Crippen molar-refractivity contribution in [2.45, 2.75) is 215 Å². The minimum atomic E-state index is 1.09. The van der Waals surface area contributed by atoms with Gasteiger partial charge in [0.25, 0.3) is 0 Å². The predicted molar refractivity (Wildman–Crippen MR) is 452 cm³/mol. The smallest absolute Gasteiger partial charge is 0.0883 e. The van der Waals surface area contributed by atoms with Gasteiger partial charge in [-0.05, 0) is 219 Å². The Hall–Kier alpha value is -9.21. The van der Waals surface area contributed by atoms with E-state index in [0.29, 0.717) is 0 Å². The molecule has 0 amide bonds. The maximum atomic E-state index is 4.40. The molecule has 0 aliphatic carbocycles. The molecule has 9 nitrogen and oxygen atoms in total. The van der Waals surface area contributed by atoms with Crippen LogP contribution in [-0.2, 0) is 28.2 Å². The summed E-state index contributed by atoms with van der Waals surface area (Å²) in [4.78, 5) is 21.5. The van der Waals surface area contributed by atoms with Crippen molar-refractivity contribution in [2.75, 3.05) is 0 Å². The first kappa shape index (κ1) is 89.8. The lowest BCUT2D eigenvalue weighted by Crippen LogP contribution is -1.90. The molecule has 0 radical (unpaired) electrons. The van der Waals surface area contributed by atoms with Crippen LogP contribution in [-0.4, -0.2) is 43.2 Å². The summed E-state index contributed by atoms with van der Waals surface area (Å²) in [5.41, 5.74) is 24.3. The van der Waals surface area contributed by atoms with Crippen LogP contribution in [0.5, 0.6) is 0 Å². The zero-order valence-corrected chi connectivity index (χ0v) is 69.5. The molecule has 0 saturated carbocycles. The number of hydrogen-bond acceptors (Lipinski definition) is 5. The van der Waals surface area contributed by atoms with E-state index in [2.05, 4.69) is 311 Å². The fourth-order valence-electron chi connectivity index (χ4n) is 12.0. The van der Waals surface area contributed by atoms with Crippen molar-refractivity contribution in [1.82, 2.24) is 43.2 Å². The van der Waals surface area contributed by atoms with Crippen molar-refractivity contribution in [1.29, 1.82) is 0 Å². The average molecular weight is 1360 g/mol. The zero-order chi connectivity index (χ0) is 77.1. The zero-order valence-electron chi connectivity index (χ0n) is 69.5. The molecule has 101 heavy (non-hydrogen) atoms. The molecule has 9 heteroatoms. The first-order valence-electron chi connectivity index (χ1n) is 37.1. The Morgan fingerprint density at radius 2 is 0.634 bits per heavy atom. The SMILES string of the molecule is CC.CC.CC.CC.CC.CC.CC.Cc1ccc2cccc(C)c2c1C.Cc1cccc2cn(C)c(C)c12.Cc1ccnc2cn(C)c(C)c12.Cc1cnc2cccc(C)c2c1C.Cc1cncc2cn(C)c(C)c12.Cc1ncc2cccc(C)c2c1C.Cc1nccc2cn(C)c(C)c12. The fourth-order valence-corrected chi connectivity index (χ4v) is 12.0. The van der Waals surface area contributed by atoms with Crippen LogP contribution in [0.1, 0.15) is 192 Å². The summed E-state index contributed by atoms with van der Waals surface area (Å²) in [6.45, 7) is 64.3. The van der Waals surface area contributed by atoms with E-state index in [9.17, 15) is 0 Å². The Balaban J connectivity index is 0.000000572. The number of pyridine rings is 5. The molecule has 0 unspecified atom stereocenters. The van der Waals surface area contributed by atoms with Crippen LogP contribution in [0.25, 0.3) is 75.7 Å². The first-order valence-corrected chi connectivity index (χ1v) is 37.1. The van der Waals surface area contributed by atoms with Crippen LogP contribution >= 0.6 is 0 Å². The van der Waals surface area contributed by atoms with Gasteiger partial charge in [0.05, 0.1) is 11.0 Å². The van der Waals surface area contributed by atoms with Gasteiger partial charge in [-0.1, -0.05) is 176 Å². The highest BCUT2D eigenvalue weighted by Gasteiger charge is 2.10. The lowest BCUT2D eigenvalue weighted by Gasteiger charge is -2.07. The first-order chi connectivity index (χ1) is 48.4. The van der Waals surface area contributed by atoms with Crippen molar-refractivity contribution >= 4 is 75.7 Å². The lowest BCUT2D eigenvalue weighted by atomic mass is 9.97. The maximum absolute atomic E-state index is 4.40. The van der Waals surface area contributed by atoms with Crippen LogP contribution in [0.2, 0.25) is 0 Å². The molecule has 0 N–H and O–H groups in total. The Kier molecular flexibility index (Phi) is 40.5. The van der Waals surface area contributed by atoms with Crippen molar-refractivity contribution < 1.29 is 0 Å². The van der Waals surface area contributed by atoms with E-state index in [0.717, 1.165) is 22.4 Å². The number of aromatic nitrogens is 9. The molecule has 0 fully saturated rings. The van der Waals surface area contributed by atoms with Crippen LogP contribution in [0.15, 0.2) is 159 Å². The van der Waals surface area contributed by atoms with Crippen LogP contribution in [0.3, 0.4) is 0 Å². The van der Waals surface area contributed by atoms with Gasteiger partial charge in [0.1, 0.15) is 0 Å². The number of hydrogen-bond donors (Lipinski definition) is 0. The summed E-state index contributed by atoms with van der Waals surface area (Å²) in [5, 5.41) is 15.9. The third-order valence-electron chi connectivity index (χ3n) is 17.7. The normalized spacial score (nSPS) is 9.73. The third-order valence-corrected chi connectivity index (χ3v) is 17.7. The van der Waals surface area contributed by atoms with E-state index in [1.54, 1.807) is 0 Å². The van der Waals surface area contributed by atoms with E-state index in [-0.39, 0.29) is 0 Å². The van der Waals surface area contributed by atoms with Crippen LogP contribution in [0, 0.1) is 118 Å². The Labute approximate surface area is 612 Å². The summed E-state index contributed by atoms with van der Waals surface area (Å²) < 4.78 is 8.57. The molecule has 0 atom stereocenters. The Bertz CT molecular complexity index is 4220. The number of benzene rings is 5. The second-order valence-electron chi connectivity index (χ2n) is 23.7. The van der Waals surface area contributed by atoms with E-state index in [1.807, 2.05) is 134 Å². The second-order valence-corrected chi connectivity index (χ2v) is 23.7. The molecular formula is C92H131N9. The summed E-state index contributed by atoms with van der Waals surface area (Å²) in [6, 6.07) is 34.0. The number of rotatable bonds is 0. The fraction of sp³-hybridized carbons (Fsp3) is 0.380. The molecule has 0 bridgehead atoms. The van der Waals surface area contributed by atoms with Gasteiger partial charge in [0, 0.05) is 167 Å². The standard InChI is InChI=1S/C13H14.2C12H13N.C11H13N.3C10H12N2.7C2H6/c1-9-7-8-12-6-4-5-10(2)13(12)11(9)3;1-8-5-4-6-11-7-13-10(3)9(2)12(8)11;1-8-5-4-6-11-12(8)10(3)9(2)7-13-11;1-8-5-4-6-10-7-12(3)9(2)11(8)10;1-7-4-11-5-9-6-12(3)8(2)10(7)9;1-7-10-8(2)12(3)6-9(10)4-5-11-7;1-7-4-5-11-9-6-12(3)8(2)10(7)9;7*1-2/h4-8H,1-3H3;2*4-7H,1-3H3;4-7H,1-3H3;3*4-6H,1-3H3;7*1-2H3. The molecule has 14 rings (SSSR count). The molecule has 0 aliphatic rings. The lowest BCUT2D eigenvalue weighted by molar-refractivity contribution is 0.888. The predicted octanol–water partition coefficient (Wildman–Crippen LogP) is 26.6. The summed E-state index contributed by atoms with van der Waals surface area (Å²) in [6.07, 6.45) is 19.9.